The van der Waals surface area contributed by atoms with Crippen LogP contribution in [0.15, 0.2) is 17.0 Å². The van der Waals surface area contributed by atoms with Crippen molar-refractivity contribution in [3.05, 3.63) is 17.7 Å². The number of benzene rings is 1. The van der Waals surface area contributed by atoms with E-state index in [1.165, 1.54) is 6.07 Å². The molecule has 6 nitrogen and oxygen atoms in total. The van der Waals surface area contributed by atoms with Gasteiger partial charge in [0.05, 0.1) is 4.90 Å². The average molecular weight is 287 g/mol. The molecule has 0 atom stereocenters. The molecule has 0 amide bonds. The standard InChI is InChI=1S/C12H21N3O3S/c1-9-11(15-5-3-2-4-6-16)7-10(13)8-12(9)19(14,17)18/h7-8,15-16H,2-6,13H2,1H3,(H2,14,17,18). The molecular formula is C12H21N3O3S. The third-order valence-corrected chi connectivity index (χ3v) is 3.88. The van der Waals surface area contributed by atoms with Crippen LogP contribution in [-0.4, -0.2) is 26.7 Å². The first-order chi connectivity index (χ1) is 8.86. The number of primary sulfonamides is 1. The molecular weight excluding hydrogens is 266 g/mol. The average Bonchev–Trinajstić information content (AvgIpc) is 2.31. The van der Waals surface area contributed by atoms with Gasteiger partial charge in [-0.15, -0.1) is 0 Å². The largest absolute Gasteiger partial charge is 0.399 e. The van der Waals surface area contributed by atoms with E-state index in [4.69, 9.17) is 16.0 Å². The van der Waals surface area contributed by atoms with Crippen LogP contribution in [0, 0.1) is 6.92 Å². The topological polar surface area (TPSA) is 118 Å². The number of hydrogen-bond acceptors (Lipinski definition) is 5. The van der Waals surface area contributed by atoms with Crippen LogP contribution < -0.4 is 16.2 Å². The molecule has 0 saturated carbocycles. The molecule has 0 spiro atoms. The predicted octanol–water partition coefficient (Wildman–Crippen LogP) is 0.799. The second-order valence-corrected chi connectivity index (χ2v) is 5.98. The van der Waals surface area contributed by atoms with Crippen molar-refractivity contribution in [2.24, 2.45) is 5.14 Å². The normalized spacial score (nSPS) is 11.5. The van der Waals surface area contributed by atoms with Crippen molar-refractivity contribution in [3.63, 3.8) is 0 Å². The first kappa shape index (κ1) is 15.7. The summed E-state index contributed by atoms with van der Waals surface area (Å²) in [6, 6.07) is 3.05. The highest BCUT2D eigenvalue weighted by Gasteiger charge is 2.15. The third kappa shape index (κ3) is 4.70. The van der Waals surface area contributed by atoms with Crippen molar-refractivity contribution >= 4 is 21.4 Å². The molecule has 19 heavy (non-hydrogen) atoms. The van der Waals surface area contributed by atoms with Gasteiger partial charge in [0, 0.05) is 24.5 Å². The Bertz CT molecular complexity index is 529. The molecule has 1 rings (SSSR count). The monoisotopic (exact) mass is 287 g/mol. The first-order valence-electron chi connectivity index (χ1n) is 6.14. The van der Waals surface area contributed by atoms with Gasteiger partial charge in [-0.1, -0.05) is 0 Å². The van der Waals surface area contributed by atoms with E-state index in [0.717, 1.165) is 19.3 Å². The van der Waals surface area contributed by atoms with E-state index in [1.807, 2.05) is 0 Å². The predicted molar refractivity (Wildman–Crippen MR) is 76.4 cm³/mol. The van der Waals surface area contributed by atoms with Crippen molar-refractivity contribution in [3.8, 4) is 0 Å². The number of rotatable bonds is 7. The Morgan fingerprint density at radius 2 is 1.95 bits per heavy atom. The first-order valence-corrected chi connectivity index (χ1v) is 7.68. The highest BCUT2D eigenvalue weighted by molar-refractivity contribution is 7.89. The van der Waals surface area contributed by atoms with Gasteiger partial charge in [-0.25, -0.2) is 13.6 Å². The lowest BCUT2D eigenvalue weighted by Crippen LogP contribution is -2.15. The lowest BCUT2D eigenvalue weighted by Gasteiger charge is -2.13. The molecule has 0 unspecified atom stereocenters. The zero-order chi connectivity index (χ0) is 14.5. The smallest absolute Gasteiger partial charge is 0.238 e. The molecule has 0 radical (unpaired) electrons. The van der Waals surface area contributed by atoms with Gasteiger partial charge in [0.1, 0.15) is 0 Å². The van der Waals surface area contributed by atoms with Gasteiger partial charge in [0.25, 0.3) is 0 Å². The maximum absolute atomic E-state index is 11.4. The van der Waals surface area contributed by atoms with Crippen LogP contribution >= 0.6 is 0 Å². The number of unbranched alkanes of at least 4 members (excludes halogenated alkanes) is 2. The van der Waals surface area contributed by atoms with E-state index in [0.29, 0.717) is 23.5 Å². The van der Waals surface area contributed by atoms with Crippen molar-refractivity contribution in [2.75, 3.05) is 24.2 Å². The molecule has 7 heteroatoms. The molecule has 0 fully saturated rings. The fourth-order valence-electron chi connectivity index (χ4n) is 1.82. The fourth-order valence-corrected chi connectivity index (χ4v) is 2.66. The van der Waals surface area contributed by atoms with Crippen LogP contribution in [-0.2, 0) is 10.0 Å². The number of nitrogens with two attached hydrogens (primary N) is 2. The maximum atomic E-state index is 11.4. The second kappa shape index (κ2) is 6.74. The summed E-state index contributed by atoms with van der Waals surface area (Å²) < 4.78 is 22.9. The highest BCUT2D eigenvalue weighted by Crippen LogP contribution is 2.26. The van der Waals surface area contributed by atoms with Gasteiger partial charge in [0.15, 0.2) is 0 Å². The molecule has 0 aromatic heterocycles. The molecule has 1 aromatic carbocycles. The van der Waals surface area contributed by atoms with E-state index in [2.05, 4.69) is 5.32 Å². The molecule has 108 valence electrons. The van der Waals surface area contributed by atoms with Gasteiger partial charge < -0.3 is 16.2 Å². The Hall–Kier alpha value is -1.31. The summed E-state index contributed by atoms with van der Waals surface area (Å²) >= 11 is 0. The zero-order valence-electron chi connectivity index (χ0n) is 11.0. The van der Waals surface area contributed by atoms with Gasteiger partial charge in [-0.3, -0.25) is 0 Å². The minimum Gasteiger partial charge on any atom is -0.399 e. The number of hydrogen-bond donors (Lipinski definition) is 4. The summed E-state index contributed by atoms with van der Waals surface area (Å²) in [4.78, 5) is 0.0466. The second-order valence-electron chi connectivity index (χ2n) is 4.45. The Labute approximate surface area is 113 Å². The van der Waals surface area contributed by atoms with Crippen LogP contribution in [0.3, 0.4) is 0 Å². The van der Waals surface area contributed by atoms with E-state index in [-0.39, 0.29) is 11.5 Å². The molecule has 0 aliphatic carbocycles. The summed E-state index contributed by atoms with van der Waals surface area (Å²) in [5.74, 6) is 0. The Kier molecular flexibility index (Phi) is 5.59. The Morgan fingerprint density at radius 1 is 1.26 bits per heavy atom. The SMILES string of the molecule is Cc1c(NCCCCCO)cc(N)cc1S(N)(=O)=O. The quantitative estimate of drug-likeness (QED) is 0.437. The zero-order valence-corrected chi connectivity index (χ0v) is 11.8. The summed E-state index contributed by atoms with van der Waals surface area (Å²) in [6.45, 7) is 2.57. The van der Waals surface area contributed by atoms with Crippen LogP contribution in [0.5, 0.6) is 0 Å². The number of aliphatic hydroxyl groups excluding tert-OH is 1. The number of sulfonamides is 1. The van der Waals surface area contributed by atoms with E-state index in [1.54, 1.807) is 13.0 Å². The number of nitrogen functional groups attached to an aromatic ring is 1. The summed E-state index contributed by atoms with van der Waals surface area (Å²) in [6.07, 6.45) is 2.56. The summed E-state index contributed by atoms with van der Waals surface area (Å²) in [5.41, 5.74) is 7.28. The molecule has 0 aliphatic rings. The van der Waals surface area contributed by atoms with Crippen LogP contribution in [0.2, 0.25) is 0 Å². The van der Waals surface area contributed by atoms with Gasteiger partial charge in [-0.2, -0.15) is 0 Å². The fraction of sp³-hybridized carbons (Fsp3) is 0.500. The van der Waals surface area contributed by atoms with Crippen LogP contribution in [0.25, 0.3) is 0 Å². The van der Waals surface area contributed by atoms with Crippen LogP contribution in [0.1, 0.15) is 24.8 Å². The molecule has 0 heterocycles. The molecule has 0 saturated heterocycles. The minimum atomic E-state index is -3.77. The minimum absolute atomic E-state index is 0.0466. The summed E-state index contributed by atoms with van der Waals surface area (Å²) in [5, 5.41) is 17.0. The maximum Gasteiger partial charge on any atom is 0.238 e. The molecule has 1 aromatic rings. The van der Waals surface area contributed by atoms with Gasteiger partial charge in [-0.05, 0) is 43.9 Å². The lowest BCUT2D eigenvalue weighted by atomic mass is 10.1. The Morgan fingerprint density at radius 3 is 2.53 bits per heavy atom. The molecule has 0 aliphatic heterocycles. The number of nitrogens with one attached hydrogen (secondary N) is 1. The summed E-state index contributed by atoms with van der Waals surface area (Å²) in [7, 11) is -3.77. The van der Waals surface area contributed by atoms with Crippen molar-refractivity contribution < 1.29 is 13.5 Å². The van der Waals surface area contributed by atoms with Gasteiger partial charge >= 0.3 is 0 Å². The lowest BCUT2D eigenvalue weighted by molar-refractivity contribution is 0.283. The van der Waals surface area contributed by atoms with E-state index >= 15 is 0 Å². The number of anilines is 2. The highest BCUT2D eigenvalue weighted by atomic mass is 32.2. The van der Waals surface area contributed by atoms with Gasteiger partial charge in [0.2, 0.25) is 10.0 Å². The van der Waals surface area contributed by atoms with E-state index < -0.39 is 10.0 Å². The molecule has 0 bridgehead atoms. The van der Waals surface area contributed by atoms with E-state index in [9.17, 15) is 8.42 Å². The van der Waals surface area contributed by atoms with Crippen LogP contribution in [0.4, 0.5) is 11.4 Å². The Balaban J connectivity index is 2.82. The van der Waals surface area contributed by atoms with Crippen molar-refractivity contribution in [2.45, 2.75) is 31.1 Å². The number of aliphatic hydroxyl groups is 1. The third-order valence-electron chi connectivity index (χ3n) is 2.84. The van der Waals surface area contributed by atoms with Crippen molar-refractivity contribution in [1.29, 1.82) is 0 Å². The van der Waals surface area contributed by atoms with Crippen molar-refractivity contribution in [1.82, 2.24) is 0 Å². The molecule has 6 N–H and O–H groups in total.